The first-order valence-electron chi connectivity index (χ1n) is 9.13. The molecule has 1 aliphatic rings. The molecule has 1 fully saturated rings. The number of para-hydroxylation sites is 1. The molecule has 0 spiro atoms. The number of hydrogen-bond donors (Lipinski definition) is 0. The van der Waals surface area contributed by atoms with Crippen LogP contribution in [0, 0.1) is 0 Å². The van der Waals surface area contributed by atoms with E-state index in [1.165, 1.54) is 38.5 Å². The fraction of sp³-hybridized carbons (Fsp3) is 0.400. The lowest BCUT2D eigenvalue weighted by Gasteiger charge is -2.12. The second kappa shape index (κ2) is 7.85. The quantitative estimate of drug-likeness (QED) is 0.509. The van der Waals surface area contributed by atoms with Gasteiger partial charge in [0.05, 0.1) is 10.0 Å². The third kappa shape index (κ3) is 3.67. The Balaban J connectivity index is 1.53. The smallest absolute Gasteiger partial charge is 0.161 e. The van der Waals surface area contributed by atoms with Crippen LogP contribution in [0.5, 0.6) is 5.75 Å². The van der Waals surface area contributed by atoms with E-state index in [4.69, 9.17) is 27.9 Å². The van der Waals surface area contributed by atoms with E-state index in [1.807, 2.05) is 18.3 Å². The van der Waals surface area contributed by atoms with Crippen LogP contribution in [-0.2, 0) is 6.61 Å². The number of fused-ring (bicyclic) bond motifs is 1. The number of benzene rings is 1. The highest BCUT2D eigenvalue weighted by atomic mass is 35.5. The van der Waals surface area contributed by atoms with Crippen LogP contribution in [0.4, 0.5) is 0 Å². The van der Waals surface area contributed by atoms with Crippen LogP contribution in [-0.4, -0.2) is 14.6 Å². The maximum atomic E-state index is 6.16. The summed E-state index contributed by atoms with van der Waals surface area (Å²) in [6.45, 7) is 0.381. The standard InChI is InChI=1S/C20H21Cl2N3O/c21-16-8-5-9-17(22)19(16)26-13-14-10-11-25-18(12-14)23-24-20(25)15-6-3-1-2-4-7-15/h5,8-12,15H,1-4,6-7,13H2. The summed E-state index contributed by atoms with van der Waals surface area (Å²) in [5, 5.41) is 9.88. The number of ether oxygens (including phenoxy) is 1. The van der Waals surface area contributed by atoms with E-state index in [2.05, 4.69) is 14.6 Å². The van der Waals surface area contributed by atoms with E-state index in [-0.39, 0.29) is 0 Å². The predicted molar refractivity (Wildman–Crippen MR) is 104 cm³/mol. The van der Waals surface area contributed by atoms with Crippen molar-refractivity contribution in [2.75, 3.05) is 0 Å². The molecule has 26 heavy (non-hydrogen) atoms. The molecule has 4 nitrogen and oxygen atoms in total. The monoisotopic (exact) mass is 389 g/mol. The van der Waals surface area contributed by atoms with Crippen LogP contribution in [0.2, 0.25) is 10.0 Å². The zero-order valence-corrected chi connectivity index (χ0v) is 16.0. The molecule has 0 saturated heterocycles. The van der Waals surface area contributed by atoms with Gasteiger partial charge in [0.1, 0.15) is 12.4 Å². The largest absolute Gasteiger partial charge is 0.486 e. The molecule has 1 saturated carbocycles. The molecule has 0 unspecified atom stereocenters. The topological polar surface area (TPSA) is 39.4 Å². The average Bonchev–Trinajstić information content (AvgIpc) is 2.86. The second-order valence-electron chi connectivity index (χ2n) is 6.85. The molecule has 136 valence electrons. The molecule has 0 aliphatic heterocycles. The van der Waals surface area contributed by atoms with Gasteiger partial charge >= 0.3 is 0 Å². The zero-order chi connectivity index (χ0) is 17.9. The van der Waals surface area contributed by atoms with Crippen molar-refractivity contribution in [3.63, 3.8) is 0 Å². The van der Waals surface area contributed by atoms with Gasteiger partial charge in [0.25, 0.3) is 0 Å². The molecule has 1 aromatic carbocycles. The van der Waals surface area contributed by atoms with Gasteiger partial charge in [0.15, 0.2) is 11.4 Å². The van der Waals surface area contributed by atoms with Crippen LogP contribution < -0.4 is 4.74 Å². The Morgan fingerprint density at radius 1 is 1.00 bits per heavy atom. The summed E-state index contributed by atoms with van der Waals surface area (Å²) in [5.74, 6) is 2.11. The molecule has 0 amide bonds. The maximum absolute atomic E-state index is 6.16. The molecular weight excluding hydrogens is 369 g/mol. The lowest BCUT2D eigenvalue weighted by Crippen LogP contribution is -2.04. The van der Waals surface area contributed by atoms with E-state index in [1.54, 1.807) is 18.2 Å². The fourth-order valence-corrected chi connectivity index (χ4v) is 4.14. The first kappa shape index (κ1) is 17.6. The van der Waals surface area contributed by atoms with Crippen molar-refractivity contribution in [1.29, 1.82) is 0 Å². The SMILES string of the molecule is Clc1cccc(Cl)c1OCc1ccn2c(C3CCCCCC3)nnc2c1. The van der Waals surface area contributed by atoms with Gasteiger partial charge in [-0.2, -0.15) is 0 Å². The van der Waals surface area contributed by atoms with Crippen molar-refractivity contribution in [3.05, 3.63) is 58.0 Å². The summed E-state index contributed by atoms with van der Waals surface area (Å²) in [5.41, 5.74) is 1.86. The minimum Gasteiger partial charge on any atom is -0.486 e. The summed E-state index contributed by atoms with van der Waals surface area (Å²) in [6.07, 6.45) is 9.68. The molecule has 0 radical (unpaired) electrons. The highest BCUT2D eigenvalue weighted by molar-refractivity contribution is 6.37. The summed E-state index contributed by atoms with van der Waals surface area (Å²) in [4.78, 5) is 0. The van der Waals surface area contributed by atoms with E-state index >= 15 is 0 Å². The minimum atomic E-state index is 0.381. The highest BCUT2D eigenvalue weighted by Crippen LogP contribution is 2.33. The summed E-state index contributed by atoms with van der Waals surface area (Å²) in [7, 11) is 0. The maximum Gasteiger partial charge on any atom is 0.161 e. The predicted octanol–water partition coefficient (Wildman–Crippen LogP) is 6.05. The zero-order valence-electron chi connectivity index (χ0n) is 14.5. The number of hydrogen-bond acceptors (Lipinski definition) is 3. The van der Waals surface area contributed by atoms with Crippen LogP contribution in [0.15, 0.2) is 36.5 Å². The fourth-order valence-electron chi connectivity index (χ4n) is 3.63. The number of aromatic nitrogens is 3. The molecule has 2 heterocycles. The summed E-state index contributed by atoms with van der Waals surface area (Å²) >= 11 is 12.3. The molecule has 0 bridgehead atoms. The van der Waals surface area contributed by atoms with Crippen LogP contribution in [0.25, 0.3) is 5.65 Å². The number of nitrogens with zero attached hydrogens (tertiary/aromatic N) is 3. The number of pyridine rings is 1. The van der Waals surface area contributed by atoms with E-state index in [0.717, 1.165) is 17.0 Å². The van der Waals surface area contributed by atoms with Crippen molar-refractivity contribution < 1.29 is 4.74 Å². The van der Waals surface area contributed by atoms with Gasteiger partial charge in [0.2, 0.25) is 0 Å². The highest BCUT2D eigenvalue weighted by Gasteiger charge is 2.20. The van der Waals surface area contributed by atoms with Crippen LogP contribution >= 0.6 is 23.2 Å². The molecule has 0 N–H and O–H groups in total. The first-order valence-corrected chi connectivity index (χ1v) is 9.88. The Kier molecular flexibility index (Phi) is 5.32. The Labute approximate surface area is 163 Å². The van der Waals surface area contributed by atoms with Crippen molar-refractivity contribution in [1.82, 2.24) is 14.6 Å². The van der Waals surface area contributed by atoms with E-state index < -0.39 is 0 Å². The average molecular weight is 390 g/mol. The summed E-state index contributed by atoms with van der Waals surface area (Å²) in [6, 6.07) is 9.39. The van der Waals surface area contributed by atoms with Crippen molar-refractivity contribution >= 4 is 28.8 Å². The molecule has 0 atom stereocenters. The second-order valence-corrected chi connectivity index (χ2v) is 7.66. The molecule has 4 rings (SSSR count). The molecule has 3 aromatic rings. The number of halogens is 2. The van der Waals surface area contributed by atoms with Gasteiger partial charge in [-0.1, -0.05) is 55.0 Å². The molecule has 2 aromatic heterocycles. The van der Waals surface area contributed by atoms with Crippen LogP contribution in [0.1, 0.15) is 55.8 Å². The van der Waals surface area contributed by atoms with Crippen molar-refractivity contribution in [2.45, 2.75) is 51.0 Å². The van der Waals surface area contributed by atoms with Gasteiger partial charge in [-0.05, 0) is 42.7 Å². The van der Waals surface area contributed by atoms with Gasteiger partial charge < -0.3 is 4.74 Å². The Hall–Kier alpha value is -1.78. The lowest BCUT2D eigenvalue weighted by molar-refractivity contribution is 0.306. The third-order valence-electron chi connectivity index (χ3n) is 5.02. The normalized spacial score (nSPS) is 15.9. The van der Waals surface area contributed by atoms with Gasteiger partial charge in [0, 0.05) is 12.1 Å². The molecular formula is C20H21Cl2N3O. The first-order chi connectivity index (χ1) is 12.7. The van der Waals surface area contributed by atoms with Crippen molar-refractivity contribution in [3.8, 4) is 5.75 Å². The molecule has 6 heteroatoms. The third-order valence-corrected chi connectivity index (χ3v) is 5.62. The number of rotatable bonds is 4. The summed E-state index contributed by atoms with van der Waals surface area (Å²) < 4.78 is 7.93. The van der Waals surface area contributed by atoms with Gasteiger partial charge in [-0.3, -0.25) is 4.40 Å². The van der Waals surface area contributed by atoms with Crippen LogP contribution in [0.3, 0.4) is 0 Å². The Morgan fingerprint density at radius 2 is 1.73 bits per heavy atom. The van der Waals surface area contributed by atoms with Crippen molar-refractivity contribution in [2.24, 2.45) is 0 Å². The Bertz CT molecular complexity index is 881. The minimum absolute atomic E-state index is 0.381. The van der Waals surface area contributed by atoms with E-state index in [9.17, 15) is 0 Å². The molecule has 1 aliphatic carbocycles. The Morgan fingerprint density at radius 3 is 2.46 bits per heavy atom. The lowest BCUT2D eigenvalue weighted by atomic mass is 10.00. The van der Waals surface area contributed by atoms with E-state index in [0.29, 0.717) is 28.3 Å². The van der Waals surface area contributed by atoms with Gasteiger partial charge in [-0.15, -0.1) is 10.2 Å². The van der Waals surface area contributed by atoms with Gasteiger partial charge in [-0.25, -0.2) is 0 Å².